The second kappa shape index (κ2) is 10.6. The monoisotopic (exact) mass is 440 g/mol. The lowest BCUT2D eigenvalue weighted by Gasteiger charge is -2.18. The first kappa shape index (κ1) is 24.9. The molecule has 0 aromatic heterocycles. The zero-order chi connectivity index (χ0) is 21.5. The minimum absolute atomic E-state index is 0.0268. The van der Waals surface area contributed by atoms with Crippen LogP contribution in [0.5, 0.6) is 0 Å². The van der Waals surface area contributed by atoms with E-state index in [9.17, 15) is 25.6 Å². The van der Waals surface area contributed by atoms with Gasteiger partial charge in [-0.15, -0.1) is 0 Å². The topological polar surface area (TPSA) is 92.3 Å². The molecule has 0 bridgehead atoms. The molecule has 2 atom stereocenters. The number of halogens is 2. The zero-order valence-electron chi connectivity index (χ0n) is 16.8. The molecule has 0 radical (unpaired) electrons. The van der Waals surface area contributed by atoms with Crippen molar-refractivity contribution in [1.29, 1.82) is 0 Å². The highest BCUT2D eigenvalue weighted by Crippen LogP contribution is 2.26. The SMILES string of the molecule is CCCS(=O)(=O)NCC(C)c1cc(F)c(C(C)CNS(=O)(=O)CCC)cc1F. The van der Waals surface area contributed by atoms with Gasteiger partial charge in [0.2, 0.25) is 20.0 Å². The Morgan fingerprint density at radius 1 is 0.786 bits per heavy atom. The van der Waals surface area contributed by atoms with Crippen LogP contribution in [0.2, 0.25) is 0 Å². The molecule has 1 rings (SSSR count). The smallest absolute Gasteiger partial charge is 0.211 e. The van der Waals surface area contributed by atoms with Gasteiger partial charge in [0.1, 0.15) is 11.6 Å². The van der Waals surface area contributed by atoms with Gasteiger partial charge >= 0.3 is 0 Å². The number of rotatable bonds is 12. The van der Waals surface area contributed by atoms with Crippen LogP contribution in [0, 0.1) is 11.6 Å². The van der Waals surface area contributed by atoms with Gasteiger partial charge in [0, 0.05) is 13.1 Å². The van der Waals surface area contributed by atoms with Gasteiger partial charge in [-0.2, -0.15) is 0 Å². The van der Waals surface area contributed by atoms with Crippen LogP contribution in [0.25, 0.3) is 0 Å². The van der Waals surface area contributed by atoms with Gasteiger partial charge in [-0.05, 0) is 47.9 Å². The zero-order valence-corrected chi connectivity index (χ0v) is 18.4. The molecule has 10 heteroatoms. The number of hydrogen-bond acceptors (Lipinski definition) is 4. The molecule has 0 saturated heterocycles. The lowest BCUT2D eigenvalue weighted by Crippen LogP contribution is -2.30. The summed E-state index contributed by atoms with van der Waals surface area (Å²) < 4.78 is 80.7. The lowest BCUT2D eigenvalue weighted by atomic mass is 9.94. The van der Waals surface area contributed by atoms with Crippen molar-refractivity contribution in [3.8, 4) is 0 Å². The van der Waals surface area contributed by atoms with E-state index in [1.165, 1.54) is 0 Å². The fourth-order valence-electron chi connectivity index (χ4n) is 2.74. The summed E-state index contributed by atoms with van der Waals surface area (Å²) in [6.07, 6.45) is 0.919. The molecule has 28 heavy (non-hydrogen) atoms. The summed E-state index contributed by atoms with van der Waals surface area (Å²) in [5.41, 5.74) is 0.137. The van der Waals surface area contributed by atoms with Crippen LogP contribution >= 0.6 is 0 Å². The van der Waals surface area contributed by atoms with Crippen LogP contribution in [0.3, 0.4) is 0 Å². The van der Waals surface area contributed by atoms with Gasteiger partial charge < -0.3 is 0 Å². The minimum Gasteiger partial charge on any atom is -0.215 e. The molecule has 0 fully saturated rings. The van der Waals surface area contributed by atoms with Crippen LogP contribution in [-0.4, -0.2) is 41.4 Å². The predicted molar refractivity (Wildman–Crippen MR) is 107 cm³/mol. The van der Waals surface area contributed by atoms with E-state index in [-0.39, 0.29) is 35.7 Å². The molecule has 0 aliphatic rings. The first-order chi connectivity index (χ1) is 12.9. The van der Waals surface area contributed by atoms with E-state index in [4.69, 9.17) is 0 Å². The molecule has 2 N–H and O–H groups in total. The normalized spacial score (nSPS) is 14.8. The van der Waals surface area contributed by atoms with Crippen molar-refractivity contribution in [3.05, 3.63) is 34.9 Å². The summed E-state index contributed by atoms with van der Waals surface area (Å²) in [5, 5.41) is 0. The summed E-state index contributed by atoms with van der Waals surface area (Å²) in [5.74, 6) is -2.48. The summed E-state index contributed by atoms with van der Waals surface area (Å²) in [4.78, 5) is 0. The highest BCUT2D eigenvalue weighted by Gasteiger charge is 2.21. The summed E-state index contributed by atoms with van der Waals surface area (Å²) in [6.45, 7) is 6.61. The molecule has 1 aromatic rings. The second-order valence-corrected chi connectivity index (χ2v) is 10.9. The average molecular weight is 441 g/mol. The van der Waals surface area contributed by atoms with Crippen LogP contribution in [0.4, 0.5) is 8.78 Å². The molecule has 0 saturated carbocycles. The number of benzene rings is 1. The maximum Gasteiger partial charge on any atom is 0.211 e. The molecular formula is C18H30F2N2O4S2. The average Bonchev–Trinajstić information content (AvgIpc) is 2.59. The van der Waals surface area contributed by atoms with Crippen LogP contribution in [-0.2, 0) is 20.0 Å². The summed E-state index contributed by atoms with van der Waals surface area (Å²) in [7, 11) is -6.87. The quantitative estimate of drug-likeness (QED) is 0.523. The van der Waals surface area contributed by atoms with Crippen LogP contribution < -0.4 is 9.44 Å². The van der Waals surface area contributed by atoms with Gasteiger partial charge in [0.05, 0.1) is 11.5 Å². The van der Waals surface area contributed by atoms with E-state index in [1.54, 1.807) is 27.7 Å². The number of hydrogen-bond donors (Lipinski definition) is 2. The first-order valence-electron chi connectivity index (χ1n) is 9.35. The van der Waals surface area contributed by atoms with Gasteiger partial charge in [0.15, 0.2) is 0 Å². The molecule has 0 amide bonds. The Hall–Kier alpha value is -1.10. The van der Waals surface area contributed by atoms with Gasteiger partial charge in [-0.1, -0.05) is 27.7 Å². The van der Waals surface area contributed by atoms with Gasteiger partial charge in [-0.25, -0.2) is 35.1 Å². The molecule has 6 nitrogen and oxygen atoms in total. The van der Waals surface area contributed by atoms with Crippen molar-refractivity contribution in [2.45, 2.75) is 52.4 Å². The second-order valence-electron chi connectivity index (χ2n) is 7.03. The third kappa shape index (κ3) is 7.73. The van der Waals surface area contributed by atoms with Crippen molar-refractivity contribution < 1.29 is 25.6 Å². The fraction of sp³-hybridized carbons (Fsp3) is 0.667. The fourth-order valence-corrected chi connectivity index (χ4v) is 5.11. The van der Waals surface area contributed by atoms with Crippen LogP contribution in [0.15, 0.2) is 12.1 Å². The highest BCUT2D eigenvalue weighted by molar-refractivity contribution is 7.89. The molecule has 162 valence electrons. The molecule has 0 aliphatic heterocycles. The predicted octanol–water partition coefficient (Wildman–Crippen LogP) is 2.83. The number of sulfonamides is 2. The Bertz CT molecular complexity index is 787. The maximum atomic E-state index is 14.5. The first-order valence-corrected chi connectivity index (χ1v) is 12.7. The Labute approximate surface area is 167 Å². The Morgan fingerprint density at radius 3 is 1.39 bits per heavy atom. The number of nitrogens with one attached hydrogen (secondary N) is 2. The van der Waals surface area contributed by atoms with E-state index in [0.717, 1.165) is 12.1 Å². The highest BCUT2D eigenvalue weighted by atomic mass is 32.2. The molecule has 2 unspecified atom stereocenters. The van der Waals surface area contributed by atoms with Crippen LogP contribution in [0.1, 0.15) is 63.5 Å². The van der Waals surface area contributed by atoms with Crippen molar-refractivity contribution in [1.82, 2.24) is 9.44 Å². The van der Waals surface area contributed by atoms with Crippen molar-refractivity contribution in [3.63, 3.8) is 0 Å². The van der Waals surface area contributed by atoms with Crippen molar-refractivity contribution in [2.24, 2.45) is 0 Å². The summed E-state index contributed by atoms with van der Waals surface area (Å²) in [6, 6.07) is 2.11. The molecule has 1 aromatic carbocycles. The van der Waals surface area contributed by atoms with E-state index in [2.05, 4.69) is 9.44 Å². The van der Waals surface area contributed by atoms with E-state index in [1.807, 2.05) is 0 Å². The van der Waals surface area contributed by atoms with E-state index < -0.39 is 43.5 Å². The Balaban J connectivity index is 2.89. The van der Waals surface area contributed by atoms with Gasteiger partial charge in [0.25, 0.3) is 0 Å². The standard InChI is InChI=1S/C18H30F2N2O4S2/c1-5-7-27(23,24)21-11-13(3)15-9-18(20)16(10-17(15)19)14(4)12-22-28(25,26)8-6-2/h9-10,13-14,21-22H,5-8,11-12H2,1-4H3. The van der Waals surface area contributed by atoms with Crippen molar-refractivity contribution in [2.75, 3.05) is 24.6 Å². The minimum atomic E-state index is -3.44. The van der Waals surface area contributed by atoms with Crippen molar-refractivity contribution >= 4 is 20.0 Å². The third-order valence-corrected chi connectivity index (χ3v) is 7.45. The molecule has 0 aliphatic carbocycles. The summed E-state index contributed by atoms with van der Waals surface area (Å²) >= 11 is 0. The largest absolute Gasteiger partial charge is 0.215 e. The lowest BCUT2D eigenvalue weighted by molar-refractivity contribution is 0.534. The molecular weight excluding hydrogens is 410 g/mol. The third-order valence-electron chi connectivity index (χ3n) is 4.34. The molecule has 0 heterocycles. The van der Waals surface area contributed by atoms with E-state index >= 15 is 0 Å². The molecule has 0 spiro atoms. The Kier molecular flexibility index (Phi) is 9.45. The van der Waals surface area contributed by atoms with E-state index in [0.29, 0.717) is 12.8 Å². The Morgan fingerprint density at radius 2 is 1.11 bits per heavy atom. The van der Waals surface area contributed by atoms with Gasteiger partial charge in [-0.3, -0.25) is 0 Å². The maximum absolute atomic E-state index is 14.5.